The SMILES string of the molecule is Nc1ccc(CO[C@H]2C(=O)Nc3ccc(Cl)cc3[C@]2(C#CC2CC2)C(F)(F)F)cc1. The van der Waals surface area contributed by atoms with Crippen LogP contribution in [0.25, 0.3) is 0 Å². The molecule has 8 heteroatoms. The van der Waals surface area contributed by atoms with Gasteiger partial charge in [0.15, 0.2) is 11.5 Å². The lowest BCUT2D eigenvalue weighted by Crippen LogP contribution is -2.59. The molecule has 0 spiro atoms. The van der Waals surface area contributed by atoms with E-state index in [1.165, 1.54) is 18.2 Å². The molecule has 0 unspecified atom stereocenters. The van der Waals surface area contributed by atoms with Crippen LogP contribution in [-0.4, -0.2) is 18.2 Å². The molecule has 156 valence electrons. The first-order chi connectivity index (χ1) is 14.2. The number of carbonyl (C=O) groups excluding carboxylic acids is 1. The molecule has 0 aromatic heterocycles. The highest BCUT2D eigenvalue weighted by Crippen LogP contribution is 2.50. The molecular formula is C22H18ClF3N2O2. The summed E-state index contributed by atoms with van der Waals surface area (Å²) in [5, 5.41) is 2.62. The summed E-state index contributed by atoms with van der Waals surface area (Å²) in [6.07, 6.45) is -5.29. The third-order valence-electron chi connectivity index (χ3n) is 5.19. The number of fused-ring (bicyclic) bond motifs is 1. The molecule has 2 aromatic rings. The Balaban J connectivity index is 1.82. The van der Waals surface area contributed by atoms with E-state index < -0.39 is 23.6 Å². The maximum atomic E-state index is 14.7. The number of ether oxygens (including phenoxy) is 1. The molecule has 4 nitrogen and oxygen atoms in total. The van der Waals surface area contributed by atoms with Gasteiger partial charge in [-0.1, -0.05) is 35.6 Å². The topological polar surface area (TPSA) is 64.3 Å². The summed E-state index contributed by atoms with van der Waals surface area (Å²) in [7, 11) is 0. The molecule has 0 saturated heterocycles. The summed E-state index contributed by atoms with van der Waals surface area (Å²) in [4.78, 5) is 12.8. The van der Waals surface area contributed by atoms with Crippen molar-refractivity contribution in [2.45, 2.75) is 37.1 Å². The zero-order valence-corrected chi connectivity index (χ0v) is 16.5. The van der Waals surface area contributed by atoms with Crippen LogP contribution in [0, 0.1) is 17.8 Å². The van der Waals surface area contributed by atoms with Crippen LogP contribution < -0.4 is 11.1 Å². The van der Waals surface area contributed by atoms with Crippen LogP contribution in [0.2, 0.25) is 5.02 Å². The van der Waals surface area contributed by atoms with Gasteiger partial charge in [-0.15, -0.1) is 0 Å². The van der Waals surface area contributed by atoms with E-state index in [0.717, 1.165) is 12.8 Å². The average molecular weight is 435 g/mol. The lowest BCUT2D eigenvalue weighted by atomic mass is 9.71. The Kier molecular flexibility index (Phi) is 5.16. The van der Waals surface area contributed by atoms with E-state index in [4.69, 9.17) is 22.1 Å². The van der Waals surface area contributed by atoms with Crippen molar-refractivity contribution >= 4 is 28.9 Å². The fourth-order valence-corrected chi connectivity index (χ4v) is 3.60. The molecule has 1 fully saturated rings. The molecule has 30 heavy (non-hydrogen) atoms. The molecule has 1 saturated carbocycles. The minimum absolute atomic E-state index is 0.0270. The van der Waals surface area contributed by atoms with E-state index in [2.05, 4.69) is 17.2 Å². The van der Waals surface area contributed by atoms with E-state index in [0.29, 0.717) is 11.3 Å². The predicted molar refractivity (Wildman–Crippen MR) is 108 cm³/mol. The zero-order valence-electron chi connectivity index (χ0n) is 15.7. The Labute approximate surface area is 176 Å². The van der Waals surface area contributed by atoms with Gasteiger partial charge < -0.3 is 15.8 Å². The first-order valence-corrected chi connectivity index (χ1v) is 9.75. The summed E-state index contributed by atoms with van der Waals surface area (Å²) < 4.78 is 49.6. The lowest BCUT2D eigenvalue weighted by molar-refractivity contribution is -0.208. The number of nitrogen functional groups attached to an aromatic ring is 1. The van der Waals surface area contributed by atoms with Gasteiger partial charge in [0.05, 0.1) is 6.61 Å². The number of hydrogen-bond donors (Lipinski definition) is 2. The summed E-state index contributed by atoms with van der Waals surface area (Å²) in [6, 6.07) is 10.5. The maximum Gasteiger partial charge on any atom is 0.412 e. The highest BCUT2D eigenvalue weighted by molar-refractivity contribution is 6.30. The largest absolute Gasteiger partial charge is 0.412 e. The first kappa shape index (κ1) is 20.6. The van der Waals surface area contributed by atoms with Gasteiger partial charge in [-0.3, -0.25) is 4.79 Å². The molecule has 2 aliphatic rings. The van der Waals surface area contributed by atoms with Gasteiger partial charge in [0, 0.05) is 27.9 Å². The third-order valence-corrected chi connectivity index (χ3v) is 5.43. The number of amides is 1. The van der Waals surface area contributed by atoms with Gasteiger partial charge in [-0.25, -0.2) is 0 Å². The van der Waals surface area contributed by atoms with E-state index in [1.54, 1.807) is 24.3 Å². The quantitative estimate of drug-likeness (QED) is 0.545. The zero-order chi connectivity index (χ0) is 21.5. The van der Waals surface area contributed by atoms with Crippen molar-refractivity contribution in [1.82, 2.24) is 0 Å². The minimum Gasteiger partial charge on any atom is -0.399 e. The monoisotopic (exact) mass is 434 g/mol. The Hall–Kier alpha value is -2.69. The van der Waals surface area contributed by atoms with E-state index in [-0.39, 0.29) is 28.8 Å². The second-order valence-electron chi connectivity index (χ2n) is 7.46. The lowest BCUT2D eigenvalue weighted by Gasteiger charge is -2.41. The molecule has 0 bridgehead atoms. The van der Waals surface area contributed by atoms with Gasteiger partial charge in [0.25, 0.3) is 5.91 Å². The van der Waals surface area contributed by atoms with E-state index in [1.807, 2.05) is 0 Å². The number of benzene rings is 2. The van der Waals surface area contributed by atoms with Crippen LogP contribution >= 0.6 is 11.6 Å². The van der Waals surface area contributed by atoms with Crippen LogP contribution in [0.4, 0.5) is 24.5 Å². The molecule has 1 aliphatic heterocycles. The highest BCUT2D eigenvalue weighted by atomic mass is 35.5. The number of carbonyl (C=O) groups is 1. The minimum atomic E-state index is -4.88. The standard InChI is InChI=1S/C22H18ClF3N2O2/c23-15-5-8-18-17(11-15)21(22(24,25)26,10-9-13-1-2-13)19(20(29)28-18)30-12-14-3-6-16(27)7-4-14/h3-8,11,13,19H,1-2,12,27H2,(H,28,29)/t19-,21-/m0/s1. The normalized spacial score (nSPS) is 23.2. The van der Waals surface area contributed by atoms with Gasteiger partial charge >= 0.3 is 6.18 Å². The van der Waals surface area contributed by atoms with Crippen LogP contribution in [-0.2, 0) is 21.6 Å². The van der Waals surface area contributed by atoms with Crippen LogP contribution in [0.5, 0.6) is 0 Å². The molecule has 1 aliphatic carbocycles. The summed E-state index contributed by atoms with van der Waals surface area (Å²) >= 11 is 6.02. The predicted octanol–water partition coefficient (Wildman–Crippen LogP) is 4.67. The first-order valence-electron chi connectivity index (χ1n) is 9.37. The van der Waals surface area contributed by atoms with Crippen molar-refractivity contribution in [2.75, 3.05) is 11.1 Å². The van der Waals surface area contributed by atoms with Gasteiger partial charge in [0.1, 0.15) is 0 Å². The van der Waals surface area contributed by atoms with Gasteiger partial charge in [0.2, 0.25) is 0 Å². The van der Waals surface area contributed by atoms with Crippen molar-refractivity contribution < 1.29 is 22.7 Å². The molecule has 2 atom stereocenters. The Bertz CT molecular complexity index is 1040. The van der Waals surface area contributed by atoms with Crippen molar-refractivity contribution in [3.63, 3.8) is 0 Å². The molecule has 1 amide bonds. The Morgan fingerprint density at radius 3 is 2.53 bits per heavy atom. The molecule has 4 rings (SSSR count). The number of alkyl halides is 3. The van der Waals surface area contributed by atoms with E-state index in [9.17, 15) is 18.0 Å². The molecule has 0 radical (unpaired) electrons. The number of halogens is 4. The summed E-state index contributed by atoms with van der Waals surface area (Å²) in [6.45, 7) is -0.211. The average Bonchev–Trinajstić information content (AvgIpc) is 3.50. The summed E-state index contributed by atoms with van der Waals surface area (Å²) in [5.74, 6) is 4.10. The van der Waals surface area contributed by atoms with Crippen LogP contribution in [0.15, 0.2) is 42.5 Å². The number of nitrogens with one attached hydrogen (secondary N) is 1. The number of nitrogens with two attached hydrogens (primary N) is 1. The van der Waals surface area contributed by atoms with Crippen molar-refractivity contribution in [3.8, 4) is 11.8 Å². The van der Waals surface area contributed by atoms with Crippen molar-refractivity contribution in [2.24, 2.45) is 5.92 Å². The van der Waals surface area contributed by atoms with Gasteiger partial charge in [-0.05, 0) is 48.7 Å². The number of rotatable bonds is 3. The third kappa shape index (κ3) is 3.73. The molecule has 1 heterocycles. The fourth-order valence-electron chi connectivity index (χ4n) is 3.43. The molecule has 2 aromatic carbocycles. The Morgan fingerprint density at radius 2 is 1.90 bits per heavy atom. The number of anilines is 2. The van der Waals surface area contributed by atoms with Crippen molar-refractivity contribution in [1.29, 1.82) is 0 Å². The highest BCUT2D eigenvalue weighted by Gasteiger charge is 2.65. The second kappa shape index (κ2) is 7.53. The second-order valence-corrected chi connectivity index (χ2v) is 7.90. The number of hydrogen-bond acceptors (Lipinski definition) is 3. The van der Waals surface area contributed by atoms with Crippen LogP contribution in [0.1, 0.15) is 24.0 Å². The van der Waals surface area contributed by atoms with Crippen molar-refractivity contribution in [3.05, 3.63) is 58.6 Å². The molecular weight excluding hydrogens is 417 g/mol. The van der Waals surface area contributed by atoms with Crippen LogP contribution in [0.3, 0.4) is 0 Å². The smallest absolute Gasteiger partial charge is 0.399 e. The molecule has 3 N–H and O–H groups in total. The maximum absolute atomic E-state index is 14.7. The summed E-state index contributed by atoms with van der Waals surface area (Å²) in [5.41, 5.74) is 3.73. The fraction of sp³-hybridized carbons (Fsp3) is 0.318. The van der Waals surface area contributed by atoms with E-state index >= 15 is 0 Å². The Morgan fingerprint density at radius 1 is 1.20 bits per heavy atom. The van der Waals surface area contributed by atoms with Gasteiger partial charge in [-0.2, -0.15) is 13.2 Å².